The molecule has 0 amide bonds. The van der Waals surface area contributed by atoms with Gasteiger partial charge in [0.15, 0.2) is 5.16 Å². The van der Waals surface area contributed by atoms with Crippen LogP contribution in [0.4, 0.5) is 0 Å². The molecule has 0 unspecified atom stereocenters. The van der Waals surface area contributed by atoms with Crippen molar-refractivity contribution in [1.29, 1.82) is 0 Å². The third-order valence-corrected chi connectivity index (χ3v) is 5.53. The Kier molecular flexibility index (Phi) is 6.90. The van der Waals surface area contributed by atoms with Crippen LogP contribution in [0, 0.1) is 17.0 Å². The van der Waals surface area contributed by atoms with Crippen molar-refractivity contribution in [2.24, 2.45) is 0 Å². The van der Waals surface area contributed by atoms with E-state index < -0.39 is 5.25 Å². The first kappa shape index (κ1) is 20.9. The molecule has 7 nitrogen and oxygen atoms in total. The molecule has 0 spiro atoms. The molecule has 0 saturated carbocycles. The first-order chi connectivity index (χ1) is 14.0. The zero-order chi connectivity index (χ0) is 20.8. The Morgan fingerprint density at radius 2 is 2.07 bits per heavy atom. The Morgan fingerprint density at radius 3 is 2.72 bits per heavy atom. The lowest BCUT2D eigenvalue weighted by molar-refractivity contribution is -0.479. The molecular weight excluding hydrogens is 412 g/mol. The fourth-order valence-corrected chi connectivity index (χ4v) is 4.16. The minimum Gasteiger partial charge on any atom is -0.488 e. The zero-order valence-corrected chi connectivity index (χ0v) is 17.3. The van der Waals surface area contributed by atoms with Gasteiger partial charge in [-0.05, 0) is 36.8 Å². The molecule has 3 aromatic rings. The van der Waals surface area contributed by atoms with Crippen LogP contribution in [0.5, 0.6) is 5.75 Å². The second-order valence-corrected chi connectivity index (χ2v) is 7.69. The van der Waals surface area contributed by atoms with Gasteiger partial charge in [-0.3, -0.25) is 14.7 Å². The Balaban J connectivity index is 1.93. The number of para-hydroxylation sites is 1. The minimum atomic E-state index is -0.498. The van der Waals surface area contributed by atoms with Crippen molar-refractivity contribution in [2.75, 3.05) is 13.2 Å². The fraction of sp³-hybridized carbons (Fsp3) is 0.200. The first-order valence-electron chi connectivity index (χ1n) is 8.78. The number of thioether (sulfide) groups is 1. The van der Waals surface area contributed by atoms with Crippen molar-refractivity contribution in [1.82, 2.24) is 14.8 Å². The van der Waals surface area contributed by atoms with Gasteiger partial charge in [-0.25, -0.2) is 0 Å². The van der Waals surface area contributed by atoms with Gasteiger partial charge in [-0.15, -0.1) is 10.2 Å². The summed E-state index contributed by atoms with van der Waals surface area (Å²) in [6, 6.07) is 14.8. The highest BCUT2D eigenvalue weighted by Crippen LogP contribution is 2.38. The lowest BCUT2D eigenvalue weighted by Gasteiger charge is -2.15. The van der Waals surface area contributed by atoms with Gasteiger partial charge in [0.05, 0.1) is 5.02 Å². The molecule has 1 atom stereocenters. The summed E-state index contributed by atoms with van der Waals surface area (Å²) in [5.74, 6) is 1.20. The van der Waals surface area contributed by atoms with Gasteiger partial charge in [0.1, 0.15) is 23.4 Å². The molecule has 0 N–H and O–H groups in total. The molecule has 0 radical (unpaired) electrons. The van der Waals surface area contributed by atoms with Crippen LogP contribution in [0.1, 0.15) is 16.6 Å². The van der Waals surface area contributed by atoms with Crippen LogP contribution in [-0.4, -0.2) is 32.8 Å². The summed E-state index contributed by atoms with van der Waals surface area (Å²) < 4.78 is 7.36. The third kappa shape index (κ3) is 5.16. The zero-order valence-electron chi connectivity index (χ0n) is 15.7. The number of aryl methyl sites for hydroxylation is 1. The Bertz CT molecular complexity index is 1010. The van der Waals surface area contributed by atoms with Gasteiger partial charge in [-0.2, -0.15) is 0 Å². The second kappa shape index (κ2) is 9.58. The topological polar surface area (TPSA) is 83.1 Å². The van der Waals surface area contributed by atoms with Gasteiger partial charge in [0.25, 0.3) is 0 Å². The maximum absolute atomic E-state index is 11.3. The molecule has 0 saturated heterocycles. The lowest BCUT2D eigenvalue weighted by Crippen LogP contribution is -2.11. The van der Waals surface area contributed by atoms with E-state index in [2.05, 4.69) is 16.8 Å². The summed E-state index contributed by atoms with van der Waals surface area (Å²) in [4.78, 5) is 11.0. The van der Waals surface area contributed by atoms with Crippen LogP contribution < -0.4 is 4.74 Å². The van der Waals surface area contributed by atoms with Crippen LogP contribution in [-0.2, 0) is 0 Å². The van der Waals surface area contributed by atoms with Crippen LogP contribution in [0.25, 0.3) is 5.69 Å². The van der Waals surface area contributed by atoms with E-state index in [0.717, 1.165) is 5.69 Å². The highest BCUT2D eigenvalue weighted by atomic mass is 35.5. The van der Waals surface area contributed by atoms with Crippen molar-refractivity contribution in [3.05, 3.63) is 87.7 Å². The van der Waals surface area contributed by atoms with Gasteiger partial charge in [-0.1, -0.05) is 60.3 Å². The summed E-state index contributed by atoms with van der Waals surface area (Å²) in [6.45, 7) is 5.49. The Hall–Kier alpha value is -2.84. The van der Waals surface area contributed by atoms with Gasteiger partial charge >= 0.3 is 0 Å². The molecule has 0 aliphatic heterocycles. The average Bonchev–Trinajstić information content (AvgIpc) is 3.07. The highest BCUT2D eigenvalue weighted by molar-refractivity contribution is 7.99. The molecule has 0 bridgehead atoms. The van der Waals surface area contributed by atoms with E-state index in [1.807, 2.05) is 41.8 Å². The summed E-state index contributed by atoms with van der Waals surface area (Å²) >= 11 is 7.59. The third-order valence-electron chi connectivity index (χ3n) is 4.06. The van der Waals surface area contributed by atoms with Crippen LogP contribution >= 0.6 is 23.4 Å². The van der Waals surface area contributed by atoms with E-state index in [0.29, 0.717) is 33.9 Å². The molecule has 9 heteroatoms. The monoisotopic (exact) mass is 430 g/mol. The fourth-order valence-electron chi connectivity index (χ4n) is 2.75. The summed E-state index contributed by atoms with van der Waals surface area (Å²) in [7, 11) is 0. The Morgan fingerprint density at radius 1 is 1.31 bits per heavy atom. The summed E-state index contributed by atoms with van der Waals surface area (Å²) in [5.41, 5.74) is 1.60. The number of hydrogen-bond acceptors (Lipinski definition) is 6. The molecule has 0 aliphatic carbocycles. The molecule has 2 aromatic carbocycles. The van der Waals surface area contributed by atoms with Crippen molar-refractivity contribution in [3.63, 3.8) is 0 Å². The van der Waals surface area contributed by atoms with Crippen LogP contribution in [0.15, 0.2) is 66.3 Å². The van der Waals surface area contributed by atoms with Gasteiger partial charge in [0.2, 0.25) is 6.54 Å². The number of benzene rings is 2. The predicted molar refractivity (Wildman–Crippen MR) is 114 cm³/mol. The first-order valence-corrected chi connectivity index (χ1v) is 10.0. The van der Waals surface area contributed by atoms with Crippen LogP contribution in [0.2, 0.25) is 5.02 Å². The normalized spacial score (nSPS) is 11.8. The maximum atomic E-state index is 11.3. The molecular formula is C20H19ClN4O3S. The number of nitrogens with zero attached hydrogens (tertiary/aromatic N) is 4. The molecule has 0 aliphatic rings. The van der Waals surface area contributed by atoms with Crippen molar-refractivity contribution in [2.45, 2.75) is 17.3 Å². The Labute approximate surface area is 177 Å². The van der Waals surface area contributed by atoms with Crippen molar-refractivity contribution < 1.29 is 9.66 Å². The van der Waals surface area contributed by atoms with E-state index in [-0.39, 0.29) is 11.5 Å². The minimum absolute atomic E-state index is 0.283. The lowest BCUT2D eigenvalue weighted by atomic mass is 10.1. The standard InChI is InChI=1S/C20H19ClN4O3S/c1-3-11-28-18-10-9-15(12-17(18)21)19(13-24(26)27)29-20-23-22-14(2)25(20)16-7-5-4-6-8-16/h3-10,12,19H,1,11,13H2,2H3/t19-/m0/s1. The number of ether oxygens (including phenoxy) is 1. The number of halogens is 1. The molecule has 1 heterocycles. The summed E-state index contributed by atoms with van der Waals surface area (Å²) in [5, 5.41) is 20.2. The van der Waals surface area contributed by atoms with Gasteiger partial charge < -0.3 is 4.74 Å². The van der Waals surface area contributed by atoms with E-state index in [1.54, 1.807) is 24.3 Å². The van der Waals surface area contributed by atoms with E-state index in [4.69, 9.17) is 16.3 Å². The highest BCUT2D eigenvalue weighted by Gasteiger charge is 2.24. The van der Waals surface area contributed by atoms with Gasteiger partial charge in [0, 0.05) is 10.6 Å². The number of aromatic nitrogens is 3. The van der Waals surface area contributed by atoms with Crippen LogP contribution in [0.3, 0.4) is 0 Å². The average molecular weight is 431 g/mol. The van der Waals surface area contributed by atoms with E-state index in [9.17, 15) is 10.1 Å². The molecule has 29 heavy (non-hydrogen) atoms. The molecule has 3 rings (SSSR count). The van der Waals surface area contributed by atoms with Crippen molar-refractivity contribution >= 4 is 23.4 Å². The second-order valence-electron chi connectivity index (χ2n) is 6.11. The smallest absolute Gasteiger partial charge is 0.220 e. The molecule has 1 aromatic heterocycles. The largest absolute Gasteiger partial charge is 0.488 e. The SMILES string of the molecule is C=CCOc1ccc([C@H](C[N+](=O)[O-])Sc2nnc(C)n2-c2ccccc2)cc1Cl. The predicted octanol–water partition coefficient (Wildman–Crippen LogP) is 4.90. The van der Waals surface area contributed by atoms with E-state index in [1.165, 1.54) is 11.8 Å². The summed E-state index contributed by atoms with van der Waals surface area (Å²) in [6.07, 6.45) is 1.62. The molecule has 0 fully saturated rings. The number of rotatable bonds is 9. The van der Waals surface area contributed by atoms with Crippen molar-refractivity contribution in [3.8, 4) is 11.4 Å². The number of hydrogen-bond donors (Lipinski definition) is 0. The molecule has 150 valence electrons. The van der Waals surface area contributed by atoms with E-state index >= 15 is 0 Å². The number of nitro groups is 1. The maximum Gasteiger partial charge on any atom is 0.220 e. The quantitative estimate of drug-likeness (QED) is 0.208.